The Kier molecular flexibility index (Phi) is 3.57. The van der Waals surface area contributed by atoms with Crippen LogP contribution in [0, 0.1) is 5.92 Å². The third-order valence-corrected chi connectivity index (χ3v) is 4.47. The number of ether oxygens (including phenoxy) is 1. The Morgan fingerprint density at radius 1 is 1.67 bits per heavy atom. The van der Waals surface area contributed by atoms with Crippen molar-refractivity contribution < 1.29 is 9.53 Å². The van der Waals surface area contributed by atoms with E-state index in [1.54, 1.807) is 0 Å². The fraction of sp³-hybridized carbons (Fsp3) is 0.909. The molecule has 0 bridgehead atoms. The van der Waals surface area contributed by atoms with E-state index in [0.29, 0.717) is 6.54 Å². The van der Waals surface area contributed by atoms with Crippen LogP contribution in [0.1, 0.15) is 26.2 Å². The molecule has 2 saturated heterocycles. The van der Waals surface area contributed by atoms with Crippen LogP contribution in [0.15, 0.2) is 0 Å². The average Bonchev–Trinajstić information content (AvgIpc) is 2.24. The highest BCUT2D eigenvalue weighted by Gasteiger charge is 2.33. The molecule has 2 aliphatic heterocycles. The van der Waals surface area contributed by atoms with Gasteiger partial charge in [-0.3, -0.25) is 4.79 Å². The molecule has 3 nitrogen and oxygen atoms in total. The molecule has 2 unspecified atom stereocenters. The Morgan fingerprint density at radius 3 is 3.13 bits per heavy atom. The van der Waals surface area contributed by atoms with Gasteiger partial charge in [-0.25, -0.2) is 0 Å². The first-order chi connectivity index (χ1) is 7.18. The van der Waals surface area contributed by atoms with Crippen LogP contribution < -0.4 is 5.32 Å². The molecule has 0 saturated carbocycles. The van der Waals surface area contributed by atoms with Gasteiger partial charge in [-0.15, -0.1) is 0 Å². The monoisotopic (exact) mass is 229 g/mol. The number of thioether (sulfide) groups is 1. The zero-order chi connectivity index (χ0) is 10.7. The average molecular weight is 229 g/mol. The second-order valence-electron chi connectivity index (χ2n) is 4.80. The van der Waals surface area contributed by atoms with Crippen molar-refractivity contribution in [2.75, 3.05) is 24.7 Å². The highest BCUT2D eigenvalue weighted by Crippen LogP contribution is 2.31. The van der Waals surface area contributed by atoms with Crippen LogP contribution in [0.4, 0.5) is 0 Å². The number of carbonyl (C=O) groups is 1. The van der Waals surface area contributed by atoms with Gasteiger partial charge in [-0.2, -0.15) is 11.8 Å². The summed E-state index contributed by atoms with van der Waals surface area (Å²) in [6.07, 6.45) is 3.73. The van der Waals surface area contributed by atoms with Gasteiger partial charge >= 0.3 is 0 Å². The second-order valence-corrected chi connectivity index (χ2v) is 5.95. The van der Waals surface area contributed by atoms with Crippen LogP contribution in [-0.4, -0.2) is 36.2 Å². The molecule has 2 aliphatic rings. The predicted molar refractivity (Wildman–Crippen MR) is 62.0 cm³/mol. The zero-order valence-corrected chi connectivity index (χ0v) is 10.1. The Labute approximate surface area is 95.3 Å². The highest BCUT2D eigenvalue weighted by atomic mass is 32.2. The molecular formula is C11H19NO2S. The molecule has 1 N–H and O–H groups in total. The van der Waals surface area contributed by atoms with Gasteiger partial charge in [0.2, 0.25) is 5.91 Å². The summed E-state index contributed by atoms with van der Waals surface area (Å²) in [4.78, 5) is 11.0. The summed E-state index contributed by atoms with van der Waals surface area (Å²) in [7, 11) is 0. The molecule has 2 fully saturated rings. The molecule has 0 aromatic rings. The van der Waals surface area contributed by atoms with Gasteiger partial charge in [0.15, 0.2) is 0 Å². The van der Waals surface area contributed by atoms with Gasteiger partial charge < -0.3 is 10.1 Å². The van der Waals surface area contributed by atoms with E-state index < -0.39 is 0 Å². The van der Waals surface area contributed by atoms with Gasteiger partial charge in [-0.05, 0) is 43.6 Å². The molecule has 1 amide bonds. The summed E-state index contributed by atoms with van der Waals surface area (Å²) < 4.78 is 5.66. The van der Waals surface area contributed by atoms with E-state index in [-0.39, 0.29) is 18.1 Å². The Morgan fingerprint density at radius 2 is 2.53 bits per heavy atom. The predicted octanol–water partition coefficient (Wildman–Crippen LogP) is 1.42. The molecule has 4 heteroatoms. The summed E-state index contributed by atoms with van der Waals surface area (Å²) in [5, 5.41) is 2.89. The van der Waals surface area contributed by atoms with Crippen molar-refractivity contribution >= 4 is 17.7 Å². The third kappa shape index (κ3) is 3.11. The van der Waals surface area contributed by atoms with Crippen LogP contribution in [0.2, 0.25) is 0 Å². The summed E-state index contributed by atoms with van der Waals surface area (Å²) in [5.41, 5.74) is -0.128. The largest absolute Gasteiger partial charge is 0.364 e. The summed E-state index contributed by atoms with van der Waals surface area (Å²) >= 11 is 2.05. The van der Waals surface area contributed by atoms with Crippen molar-refractivity contribution in [2.45, 2.75) is 31.8 Å². The van der Waals surface area contributed by atoms with E-state index in [1.165, 1.54) is 24.3 Å². The molecule has 2 rings (SSSR count). The summed E-state index contributed by atoms with van der Waals surface area (Å²) in [5.74, 6) is 3.35. The number of carbonyl (C=O) groups excluding carboxylic acids is 1. The number of hydrogen-bond acceptors (Lipinski definition) is 3. The lowest BCUT2D eigenvalue weighted by Gasteiger charge is -2.37. The fourth-order valence-electron chi connectivity index (χ4n) is 2.34. The molecule has 15 heavy (non-hydrogen) atoms. The molecule has 2 atom stereocenters. The number of morpholine rings is 1. The zero-order valence-electron chi connectivity index (χ0n) is 9.25. The second kappa shape index (κ2) is 4.74. The van der Waals surface area contributed by atoms with Crippen molar-refractivity contribution in [1.82, 2.24) is 5.32 Å². The molecule has 86 valence electrons. The lowest BCUT2D eigenvalue weighted by Crippen LogP contribution is -2.51. The van der Waals surface area contributed by atoms with Crippen LogP contribution in [0.3, 0.4) is 0 Å². The number of amides is 1. The smallest absolute Gasteiger partial charge is 0.246 e. The standard InChI is InChI=1S/C11H19NO2S/c1-11(8-12-10(13)6-14-11)5-9-3-2-4-15-7-9/h9H,2-8H2,1H3,(H,12,13). The van der Waals surface area contributed by atoms with E-state index >= 15 is 0 Å². The van der Waals surface area contributed by atoms with Crippen molar-refractivity contribution in [3.63, 3.8) is 0 Å². The maximum absolute atomic E-state index is 11.0. The van der Waals surface area contributed by atoms with Gasteiger partial charge in [0.25, 0.3) is 0 Å². The van der Waals surface area contributed by atoms with E-state index in [0.717, 1.165) is 12.3 Å². The molecule has 0 spiro atoms. The molecule has 0 aliphatic carbocycles. The minimum Gasteiger partial charge on any atom is -0.364 e. The lowest BCUT2D eigenvalue weighted by molar-refractivity contribution is -0.143. The first-order valence-corrected chi connectivity index (χ1v) is 6.82. The van der Waals surface area contributed by atoms with Crippen molar-refractivity contribution in [3.8, 4) is 0 Å². The van der Waals surface area contributed by atoms with Crippen molar-refractivity contribution in [3.05, 3.63) is 0 Å². The third-order valence-electron chi connectivity index (χ3n) is 3.19. The van der Waals surface area contributed by atoms with Gasteiger partial charge in [0, 0.05) is 6.54 Å². The van der Waals surface area contributed by atoms with Crippen molar-refractivity contribution in [2.24, 2.45) is 5.92 Å². The number of hydrogen-bond donors (Lipinski definition) is 1. The van der Waals surface area contributed by atoms with Gasteiger partial charge in [-0.1, -0.05) is 0 Å². The summed E-state index contributed by atoms with van der Waals surface area (Å²) in [6.45, 7) is 3.02. The van der Waals surface area contributed by atoms with E-state index in [4.69, 9.17) is 4.74 Å². The quantitative estimate of drug-likeness (QED) is 0.778. The maximum Gasteiger partial charge on any atom is 0.246 e. The minimum atomic E-state index is -0.128. The van der Waals surface area contributed by atoms with Crippen LogP contribution >= 0.6 is 11.8 Å². The normalized spacial score (nSPS) is 37.4. The van der Waals surface area contributed by atoms with E-state index in [9.17, 15) is 4.79 Å². The first-order valence-electron chi connectivity index (χ1n) is 5.66. The topological polar surface area (TPSA) is 38.3 Å². The number of rotatable bonds is 2. The lowest BCUT2D eigenvalue weighted by atomic mass is 9.89. The van der Waals surface area contributed by atoms with E-state index in [2.05, 4.69) is 12.2 Å². The fourth-order valence-corrected chi connectivity index (χ4v) is 3.49. The van der Waals surface area contributed by atoms with Crippen LogP contribution in [-0.2, 0) is 9.53 Å². The van der Waals surface area contributed by atoms with Gasteiger partial charge in [0.05, 0.1) is 5.60 Å². The van der Waals surface area contributed by atoms with Gasteiger partial charge in [0.1, 0.15) is 6.61 Å². The SMILES string of the molecule is CC1(CC2CCCSC2)CNC(=O)CO1. The Balaban J connectivity index is 1.83. The number of nitrogens with one attached hydrogen (secondary N) is 1. The Bertz CT molecular complexity index is 229. The first kappa shape index (κ1) is 11.3. The summed E-state index contributed by atoms with van der Waals surface area (Å²) in [6, 6.07) is 0. The Hall–Kier alpha value is -0.220. The molecule has 2 heterocycles. The van der Waals surface area contributed by atoms with Crippen LogP contribution in [0.5, 0.6) is 0 Å². The van der Waals surface area contributed by atoms with E-state index in [1.807, 2.05) is 11.8 Å². The molecule has 0 aromatic carbocycles. The van der Waals surface area contributed by atoms with Crippen molar-refractivity contribution in [1.29, 1.82) is 0 Å². The van der Waals surface area contributed by atoms with Crippen LogP contribution in [0.25, 0.3) is 0 Å². The molecule has 0 aromatic heterocycles. The minimum absolute atomic E-state index is 0.0190. The highest BCUT2D eigenvalue weighted by molar-refractivity contribution is 7.99. The molecular weight excluding hydrogens is 210 g/mol. The maximum atomic E-state index is 11.0. The molecule has 0 radical (unpaired) electrons.